The van der Waals surface area contributed by atoms with Gasteiger partial charge in [-0.3, -0.25) is 0 Å². The van der Waals surface area contributed by atoms with Crippen molar-refractivity contribution in [2.75, 3.05) is 9.80 Å². The Balaban J connectivity index is 0.975. The normalized spacial score (nSPS) is 12.9. The molecule has 0 saturated heterocycles. The van der Waals surface area contributed by atoms with Crippen LogP contribution in [0.2, 0.25) is 0 Å². The van der Waals surface area contributed by atoms with Gasteiger partial charge in [0.05, 0.1) is 33.4 Å². The second kappa shape index (κ2) is 18.0. The summed E-state index contributed by atoms with van der Waals surface area (Å²) < 4.78 is 10.0. The third kappa shape index (κ3) is 6.68. The molecule has 0 atom stereocenters. The summed E-state index contributed by atoms with van der Waals surface area (Å²) in [6.07, 6.45) is 0. The maximum atomic E-state index is 2.68. The Kier molecular flexibility index (Phi) is 9.99. The molecule has 6 heterocycles. The maximum Gasteiger partial charge on any atom is 0.252 e. The Morgan fingerprint density at radius 2 is 0.635 bits per heavy atom. The van der Waals surface area contributed by atoms with Gasteiger partial charge in [0.2, 0.25) is 0 Å². The van der Waals surface area contributed by atoms with Gasteiger partial charge in [0.25, 0.3) is 6.71 Å². The lowest BCUT2D eigenvalue weighted by Crippen LogP contribution is -2.61. The summed E-state index contributed by atoms with van der Waals surface area (Å²) in [5, 5.41) is 10.0. The van der Waals surface area contributed by atoms with E-state index in [-0.39, 0.29) is 6.71 Å². The van der Waals surface area contributed by atoms with Crippen LogP contribution in [0.3, 0.4) is 0 Å². The predicted molar refractivity (Wildman–Crippen MR) is 366 cm³/mol. The zero-order valence-corrected chi connectivity index (χ0v) is 47.5. The summed E-state index contributed by atoms with van der Waals surface area (Å²) in [6.45, 7) is -0.153. The number of nitrogens with zero attached hydrogens (tertiary/aromatic N) is 4. The lowest BCUT2D eigenvalue weighted by atomic mass is 9.33. The van der Waals surface area contributed by atoms with Crippen LogP contribution in [0.25, 0.3) is 118 Å². The molecule has 85 heavy (non-hydrogen) atoms. The van der Waals surface area contributed by atoms with Gasteiger partial charge in [-0.05, 0) is 112 Å². The summed E-state index contributed by atoms with van der Waals surface area (Å²) in [7, 11) is 0. The van der Waals surface area contributed by atoms with Crippen LogP contribution < -0.4 is 26.2 Å². The molecule has 0 saturated carbocycles. The molecule has 394 valence electrons. The number of rotatable bonds is 6. The minimum Gasteiger partial charge on any atom is -0.310 e. The number of thiophene rings is 2. The Morgan fingerprint density at radius 3 is 1.05 bits per heavy atom. The standard InChI is InChI=1S/C78H47BN4S2/c1-3-20-48(21-4-1)52-40-44-72-74(58-28-11-17-36-70(58)84-72)77(52)82-66-34-19-35-67-76(66)79(60-42-38-50(46-68(60)82)80-62-30-13-7-24-54(62)55-25-8-14-31-63(55)80)61-43-39-51(81-64-32-15-9-26-56(64)57-27-10-16-33-65(57)81)47-69(61)83(67)78-53(49-22-5-2-6-23-49)41-45-73-75(78)59-29-12-18-37-71(59)85-73/h1-47H. The molecule has 7 heteroatoms. The second-order valence-electron chi connectivity index (χ2n) is 22.6. The summed E-state index contributed by atoms with van der Waals surface area (Å²) in [5.41, 5.74) is 22.5. The summed E-state index contributed by atoms with van der Waals surface area (Å²) in [4.78, 5) is 5.36. The Labute approximate surface area is 498 Å². The van der Waals surface area contributed by atoms with Crippen molar-refractivity contribution < 1.29 is 0 Å². The van der Waals surface area contributed by atoms with Gasteiger partial charge in [-0.25, -0.2) is 0 Å². The smallest absolute Gasteiger partial charge is 0.252 e. The Bertz CT molecular complexity index is 5200. The lowest BCUT2D eigenvalue weighted by Gasteiger charge is -2.45. The first-order chi connectivity index (χ1) is 42.2. The number of fused-ring (bicyclic) bond motifs is 16. The Hall–Kier alpha value is -10.4. The van der Waals surface area contributed by atoms with Gasteiger partial charge in [-0.15, -0.1) is 22.7 Å². The summed E-state index contributed by atoms with van der Waals surface area (Å²) in [5.74, 6) is 0. The first-order valence-electron chi connectivity index (χ1n) is 29.2. The highest BCUT2D eigenvalue weighted by molar-refractivity contribution is 7.26. The molecule has 17 aromatic rings. The summed E-state index contributed by atoms with van der Waals surface area (Å²) in [6, 6.07) is 107. The molecule has 0 radical (unpaired) electrons. The number of benzene rings is 13. The largest absolute Gasteiger partial charge is 0.310 e. The van der Waals surface area contributed by atoms with Crippen LogP contribution in [0.15, 0.2) is 285 Å². The van der Waals surface area contributed by atoms with E-state index in [1.165, 1.54) is 145 Å². The van der Waals surface area contributed by atoms with E-state index in [1.54, 1.807) is 0 Å². The van der Waals surface area contributed by atoms with Gasteiger partial charge in [0.15, 0.2) is 0 Å². The Morgan fingerprint density at radius 1 is 0.271 bits per heavy atom. The highest BCUT2D eigenvalue weighted by Crippen LogP contribution is 2.55. The fraction of sp³-hybridized carbons (Fsp3) is 0. The quantitative estimate of drug-likeness (QED) is 0.154. The van der Waals surface area contributed by atoms with Crippen LogP contribution >= 0.6 is 22.7 Å². The predicted octanol–water partition coefficient (Wildman–Crippen LogP) is 20.0. The van der Waals surface area contributed by atoms with Crippen LogP contribution in [0.1, 0.15) is 0 Å². The molecule has 13 aromatic carbocycles. The lowest BCUT2D eigenvalue weighted by molar-refractivity contribution is 1.17. The van der Waals surface area contributed by atoms with Crippen LogP contribution in [0.5, 0.6) is 0 Å². The SMILES string of the molecule is c1ccc(-c2ccc3sc4ccccc4c3c2N2c3cc(-n4c5ccccc5c5ccccc54)ccc3B3c4ccc(-n5c6ccccc6c6ccccc65)cc4N(c4c(-c5ccccc5)ccc5sc6ccccc6c45)c4cccc2c43)cc1. The van der Waals surface area contributed by atoms with E-state index in [0.29, 0.717) is 0 Å². The van der Waals surface area contributed by atoms with Crippen molar-refractivity contribution in [3.63, 3.8) is 0 Å². The zero-order chi connectivity index (χ0) is 55.4. The molecule has 0 fully saturated rings. The van der Waals surface area contributed by atoms with E-state index >= 15 is 0 Å². The fourth-order valence-electron chi connectivity index (χ4n) is 14.8. The van der Waals surface area contributed by atoms with Crippen molar-refractivity contribution in [1.82, 2.24) is 9.13 Å². The molecule has 4 aromatic heterocycles. The van der Waals surface area contributed by atoms with E-state index in [1.807, 2.05) is 22.7 Å². The molecule has 0 N–H and O–H groups in total. The van der Waals surface area contributed by atoms with Crippen molar-refractivity contribution in [1.29, 1.82) is 0 Å². The van der Waals surface area contributed by atoms with Crippen molar-refractivity contribution >= 4 is 164 Å². The molecule has 0 spiro atoms. The molecule has 0 bridgehead atoms. The number of aromatic nitrogens is 2. The summed E-state index contributed by atoms with van der Waals surface area (Å²) >= 11 is 3.76. The molecule has 4 nitrogen and oxygen atoms in total. The minimum atomic E-state index is -0.153. The van der Waals surface area contributed by atoms with Gasteiger partial charge >= 0.3 is 0 Å². The molecule has 2 aliphatic heterocycles. The van der Waals surface area contributed by atoms with E-state index < -0.39 is 0 Å². The minimum absolute atomic E-state index is 0.153. The van der Waals surface area contributed by atoms with Gasteiger partial charge in [-0.2, -0.15) is 0 Å². The van der Waals surface area contributed by atoms with Crippen LogP contribution in [0, 0.1) is 0 Å². The van der Waals surface area contributed by atoms with Crippen LogP contribution in [-0.4, -0.2) is 15.8 Å². The monoisotopic (exact) mass is 1110 g/mol. The van der Waals surface area contributed by atoms with Crippen LogP contribution in [-0.2, 0) is 0 Å². The van der Waals surface area contributed by atoms with Gasteiger partial charge in [0, 0.05) is 107 Å². The van der Waals surface area contributed by atoms with Crippen molar-refractivity contribution in [3.05, 3.63) is 285 Å². The number of anilines is 6. The molecular formula is C78H47BN4S2. The van der Waals surface area contributed by atoms with Crippen molar-refractivity contribution in [2.45, 2.75) is 0 Å². The molecule has 19 rings (SSSR count). The second-order valence-corrected chi connectivity index (χ2v) is 24.8. The fourth-order valence-corrected chi connectivity index (χ4v) is 17.0. The highest BCUT2D eigenvalue weighted by Gasteiger charge is 2.45. The van der Waals surface area contributed by atoms with Crippen molar-refractivity contribution in [3.8, 4) is 33.6 Å². The first kappa shape index (κ1) is 47.1. The maximum absolute atomic E-state index is 2.68. The zero-order valence-electron chi connectivity index (χ0n) is 45.8. The third-order valence-electron chi connectivity index (χ3n) is 18.3. The molecule has 0 unspecified atom stereocenters. The average molecular weight is 1120 g/mol. The average Bonchev–Trinajstić information content (AvgIpc) is 1.68. The van der Waals surface area contributed by atoms with E-state index in [2.05, 4.69) is 304 Å². The topological polar surface area (TPSA) is 16.3 Å². The van der Waals surface area contributed by atoms with Gasteiger partial charge in [-0.1, -0.05) is 200 Å². The van der Waals surface area contributed by atoms with Gasteiger partial charge in [0.1, 0.15) is 0 Å². The molecular weight excluding hydrogens is 1070 g/mol. The number of hydrogen-bond acceptors (Lipinski definition) is 4. The third-order valence-corrected chi connectivity index (χ3v) is 20.6. The van der Waals surface area contributed by atoms with Crippen LogP contribution in [0.4, 0.5) is 34.1 Å². The molecule has 0 amide bonds. The van der Waals surface area contributed by atoms with Gasteiger partial charge < -0.3 is 18.9 Å². The van der Waals surface area contributed by atoms with E-state index in [9.17, 15) is 0 Å². The van der Waals surface area contributed by atoms with Crippen molar-refractivity contribution in [2.24, 2.45) is 0 Å². The first-order valence-corrected chi connectivity index (χ1v) is 30.8. The number of hydrogen-bond donors (Lipinski definition) is 0. The van der Waals surface area contributed by atoms with E-state index in [4.69, 9.17) is 0 Å². The number of para-hydroxylation sites is 4. The van der Waals surface area contributed by atoms with E-state index in [0.717, 1.165) is 22.7 Å². The highest BCUT2D eigenvalue weighted by atomic mass is 32.1. The molecule has 0 aliphatic carbocycles. The molecule has 2 aliphatic rings.